The van der Waals surface area contributed by atoms with Crippen LogP contribution in [0.2, 0.25) is 0 Å². The van der Waals surface area contributed by atoms with Gasteiger partial charge in [0.05, 0.1) is 17.2 Å². The van der Waals surface area contributed by atoms with E-state index in [0.717, 1.165) is 12.1 Å². The molecule has 9 heteroatoms. The number of hydrogen-bond donors (Lipinski definition) is 2. The number of aryl methyl sites for hydroxylation is 2. The molecule has 0 atom stereocenters. The minimum absolute atomic E-state index is 0.0611. The fraction of sp³-hybridized carbons (Fsp3) is 0.250. The SMILES string of the molecule is Cc1nc(CNc2nc(C(=O)O)ccc2[N+](=O)[O-])oc1C. The molecule has 0 amide bonds. The molecule has 2 aromatic rings. The number of rotatable bonds is 5. The first-order valence-corrected chi connectivity index (χ1v) is 5.94. The fourth-order valence-corrected chi connectivity index (χ4v) is 1.62. The van der Waals surface area contributed by atoms with Crippen LogP contribution in [-0.4, -0.2) is 26.0 Å². The standard InChI is InChI=1S/C12H12N4O5/c1-6-7(2)21-10(14-6)5-13-11-9(16(19)20)4-3-8(15-11)12(17)18/h3-4H,5H2,1-2H3,(H,13,15)(H,17,18). The van der Waals surface area contributed by atoms with Gasteiger partial charge in [0.2, 0.25) is 11.7 Å². The maximum absolute atomic E-state index is 10.9. The Kier molecular flexibility index (Phi) is 3.83. The van der Waals surface area contributed by atoms with Crippen molar-refractivity contribution in [1.82, 2.24) is 9.97 Å². The predicted molar refractivity (Wildman–Crippen MR) is 71.2 cm³/mol. The quantitative estimate of drug-likeness (QED) is 0.630. The molecule has 2 aromatic heterocycles. The van der Waals surface area contributed by atoms with Gasteiger partial charge in [-0.25, -0.2) is 14.8 Å². The normalized spacial score (nSPS) is 10.4. The summed E-state index contributed by atoms with van der Waals surface area (Å²) in [5.74, 6) is -0.431. The molecule has 0 fully saturated rings. The van der Waals surface area contributed by atoms with Crippen molar-refractivity contribution in [1.29, 1.82) is 0 Å². The maximum atomic E-state index is 10.9. The minimum atomic E-state index is -1.27. The van der Waals surface area contributed by atoms with Gasteiger partial charge >= 0.3 is 11.7 Å². The van der Waals surface area contributed by atoms with E-state index in [1.165, 1.54) is 0 Å². The van der Waals surface area contributed by atoms with E-state index >= 15 is 0 Å². The number of carbonyl (C=O) groups is 1. The lowest BCUT2D eigenvalue weighted by Gasteiger charge is -2.04. The summed E-state index contributed by atoms with van der Waals surface area (Å²) in [6.07, 6.45) is 0. The number of hydrogen-bond acceptors (Lipinski definition) is 7. The zero-order valence-electron chi connectivity index (χ0n) is 11.3. The average Bonchev–Trinajstić information content (AvgIpc) is 2.75. The van der Waals surface area contributed by atoms with Crippen LogP contribution in [-0.2, 0) is 6.54 Å². The van der Waals surface area contributed by atoms with Crippen molar-refractivity contribution in [2.24, 2.45) is 0 Å². The molecule has 2 rings (SSSR count). The number of nitrogens with zero attached hydrogens (tertiary/aromatic N) is 3. The zero-order valence-corrected chi connectivity index (χ0v) is 11.3. The summed E-state index contributed by atoms with van der Waals surface area (Å²) in [6.45, 7) is 3.58. The minimum Gasteiger partial charge on any atom is -0.477 e. The highest BCUT2D eigenvalue weighted by molar-refractivity contribution is 5.86. The second-order valence-corrected chi connectivity index (χ2v) is 4.23. The number of nitrogens with one attached hydrogen (secondary N) is 1. The van der Waals surface area contributed by atoms with Gasteiger partial charge in [0, 0.05) is 6.07 Å². The lowest BCUT2D eigenvalue weighted by molar-refractivity contribution is -0.384. The Balaban J connectivity index is 2.26. The third-order valence-corrected chi connectivity index (χ3v) is 2.77. The second kappa shape index (κ2) is 5.57. The van der Waals surface area contributed by atoms with E-state index < -0.39 is 10.9 Å². The van der Waals surface area contributed by atoms with Crippen molar-refractivity contribution in [3.8, 4) is 0 Å². The van der Waals surface area contributed by atoms with Crippen LogP contribution >= 0.6 is 0 Å². The van der Waals surface area contributed by atoms with Gasteiger partial charge in [0.1, 0.15) is 5.76 Å². The van der Waals surface area contributed by atoms with E-state index in [9.17, 15) is 14.9 Å². The molecule has 0 saturated heterocycles. The highest BCUT2D eigenvalue weighted by Crippen LogP contribution is 2.23. The van der Waals surface area contributed by atoms with E-state index in [0.29, 0.717) is 17.3 Å². The molecule has 0 aliphatic rings. The third kappa shape index (κ3) is 3.14. The van der Waals surface area contributed by atoms with Crippen LogP contribution in [0.4, 0.5) is 11.5 Å². The van der Waals surface area contributed by atoms with Gasteiger partial charge in [-0.3, -0.25) is 10.1 Å². The molecule has 2 N–H and O–H groups in total. The molecule has 0 saturated carbocycles. The third-order valence-electron chi connectivity index (χ3n) is 2.77. The molecular formula is C12H12N4O5. The topological polar surface area (TPSA) is 131 Å². The van der Waals surface area contributed by atoms with Gasteiger partial charge in [-0.1, -0.05) is 0 Å². The molecule has 2 heterocycles. The van der Waals surface area contributed by atoms with E-state index in [4.69, 9.17) is 9.52 Å². The summed E-state index contributed by atoms with van der Waals surface area (Å²) < 4.78 is 5.33. The van der Waals surface area contributed by atoms with Crippen molar-refractivity contribution in [3.63, 3.8) is 0 Å². The second-order valence-electron chi connectivity index (χ2n) is 4.23. The van der Waals surface area contributed by atoms with Crippen molar-refractivity contribution in [2.45, 2.75) is 20.4 Å². The molecule has 21 heavy (non-hydrogen) atoms. The number of pyridine rings is 1. The van der Waals surface area contributed by atoms with E-state index in [1.807, 2.05) is 0 Å². The van der Waals surface area contributed by atoms with Gasteiger partial charge in [0.15, 0.2) is 5.69 Å². The highest BCUT2D eigenvalue weighted by atomic mass is 16.6. The van der Waals surface area contributed by atoms with Crippen LogP contribution in [0.1, 0.15) is 27.8 Å². The van der Waals surface area contributed by atoms with Crippen molar-refractivity contribution >= 4 is 17.5 Å². The summed E-state index contributed by atoms with van der Waals surface area (Å²) in [4.78, 5) is 29.0. The molecule has 0 aliphatic carbocycles. The van der Waals surface area contributed by atoms with Gasteiger partial charge in [-0.05, 0) is 19.9 Å². The van der Waals surface area contributed by atoms with Crippen LogP contribution in [0, 0.1) is 24.0 Å². The van der Waals surface area contributed by atoms with Crippen molar-refractivity contribution in [2.75, 3.05) is 5.32 Å². The lowest BCUT2D eigenvalue weighted by atomic mass is 10.3. The number of anilines is 1. The Morgan fingerprint density at radius 1 is 1.43 bits per heavy atom. The molecule has 0 spiro atoms. The monoisotopic (exact) mass is 292 g/mol. The smallest absolute Gasteiger partial charge is 0.354 e. The molecule has 110 valence electrons. The first kappa shape index (κ1) is 14.4. The van der Waals surface area contributed by atoms with Crippen LogP contribution in [0.3, 0.4) is 0 Å². The number of carboxylic acids is 1. The van der Waals surface area contributed by atoms with Crippen LogP contribution in [0.15, 0.2) is 16.5 Å². The van der Waals surface area contributed by atoms with E-state index in [-0.39, 0.29) is 23.7 Å². The maximum Gasteiger partial charge on any atom is 0.354 e. The number of carboxylic acid groups (broad SMARTS) is 1. The number of oxazole rings is 1. The van der Waals surface area contributed by atoms with E-state index in [1.54, 1.807) is 13.8 Å². The molecule has 0 aromatic carbocycles. The number of nitro groups is 1. The molecule has 0 bridgehead atoms. The molecule has 0 radical (unpaired) electrons. The Hall–Kier alpha value is -2.97. The van der Waals surface area contributed by atoms with E-state index in [2.05, 4.69) is 15.3 Å². The van der Waals surface area contributed by atoms with Crippen LogP contribution in [0.5, 0.6) is 0 Å². The first-order chi connectivity index (χ1) is 9.88. The molecule has 9 nitrogen and oxygen atoms in total. The van der Waals surface area contributed by atoms with Crippen LogP contribution in [0.25, 0.3) is 0 Å². The zero-order chi connectivity index (χ0) is 15.6. The Morgan fingerprint density at radius 3 is 2.67 bits per heavy atom. The summed E-state index contributed by atoms with van der Waals surface area (Å²) in [6, 6.07) is 2.16. The summed E-state index contributed by atoms with van der Waals surface area (Å²) in [5, 5.41) is 22.5. The summed E-state index contributed by atoms with van der Waals surface area (Å²) in [7, 11) is 0. The van der Waals surface area contributed by atoms with Gasteiger partial charge in [-0.2, -0.15) is 0 Å². The number of aromatic carboxylic acids is 1. The summed E-state index contributed by atoms with van der Waals surface area (Å²) in [5.41, 5.74) is 0.108. The fourth-order valence-electron chi connectivity index (χ4n) is 1.62. The van der Waals surface area contributed by atoms with Gasteiger partial charge in [-0.15, -0.1) is 0 Å². The van der Waals surface area contributed by atoms with Gasteiger partial charge < -0.3 is 14.8 Å². The number of aromatic nitrogens is 2. The summed E-state index contributed by atoms with van der Waals surface area (Å²) >= 11 is 0. The highest BCUT2D eigenvalue weighted by Gasteiger charge is 2.19. The van der Waals surface area contributed by atoms with Crippen LogP contribution < -0.4 is 5.32 Å². The average molecular weight is 292 g/mol. The molecule has 0 unspecified atom stereocenters. The first-order valence-electron chi connectivity index (χ1n) is 5.94. The van der Waals surface area contributed by atoms with Gasteiger partial charge in [0.25, 0.3) is 0 Å². The largest absolute Gasteiger partial charge is 0.477 e. The Bertz CT molecular complexity index is 690. The molecule has 0 aliphatic heterocycles. The molecular weight excluding hydrogens is 280 g/mol. The Morgan fingerprint density at radius 2 is 2.14 bits per heavy atom. The predicted octanol–water partition coefficient (Wildman–Crippen LogP) is 1.90. The Labute approximate surface area is 118 Å². The van der Waals surface area contributed by atoms with Crippen molar-refractivity contribution < 1.29 is 19.2 Å². The van der Waals surface area contributed by atoms with Crippen molar-refractivity contribution in [3.05, 3.63) is 45.3 Å². The lowest BCUT2D eigenvalue weighted by Crippen LogP contribution is -2.08.